The maximum absolute atomic E-state index is 13.1. The van der Waals surface area contributed by atoms with Gasteiger partial charge in [0.1, 0.15) is 11.5 Å². The van der Waals surface area contributed by atoms with Gasteiger partial charge < -0.3 is 20.9 Å². The van der Waals surface area contributed by atoms with Crippen molar-refractivity contribution in [1.29, 1.82) is 0 Å². The van der Waals surface area contributed by atoms with Gasteiger partial charge in [0, 0.05) is 22.5 Å². The van der Waals surface area contributed by atoms with Crippen LogP contribution in [0.25, 0.3) is 0 Å². The summed E-state index contributed by atoms with van der Waals surface area (Å²) < 4.78 is 10.7. The molecule has 0 saturated carbocycles. The number of benzene rings is 4. The molecule has 0 heterocycles. The third-order valence-electron chi connectivity index (χ3n) is 4.98. The fourth-order valence-electron chi connectivity index (χ4n) is 3.22. The first kappa shape index (κ1) is 22.3. The van der Waals surface area contributed by atoms with Crippen LogP contribution < -0.4 is 20.9 Å². The summed E-state index contributed by atoms with van der Waals surface area (Å²) in [5.74, 6) is -1.11. The van der Waals surface area contributed by atoms with Gasteiger partial charge in [0.25, 0.3) is 0 Å². The number of esters is 2. The second-order valence-corrected chi connectivity index (χ2v) is 7.34. The van der Waals surface area contributed by atoms with Crippen LogP contribution in [-0.2, 0) is 0 Å². The second-order valence-electron chi connectivity index (χ2n) is 7.34. The van der Waals surface area contributed by atoms with E-state index >= 15 is 0 Å². The summed E-state index contributed by atoms with van der Waals surface area (Å²) >= 11 is 0. The maximum Gasteiger partial charge on any atom is 0.345 e. The van der Waals surface area contributed by atoms with E-state index in [1.54, 1.807) is 60.7 Å². The molecular weight excluding hydrogens is 432 g/mol. The zero-order valence-electron chi connectivity index (χ0n) is 17.9. The maximum atomic E-state index is 13.1. The largest absolute Gasteiger partial charge is 0.423 e. The van der Waals surface area contributed by atoms with E-state index in [2.05, 4.69) is 0 Å². The Labute approximate surface area is 195 Å². The molecule has 0 unspecified atom stereocenters. The quantitative estimate of drug-likeness (QED) is 0.191. The highest BCUT2D eigenvalue weighted by atomic mass is 16.5. The fraction of sp³-hybridized carbons (Fsp3) is 0. The predicted molar refractivity (Wildman–Crippen MR) is 128 cm³/mol. The molecule has 34 heavy (non-hydrogen) atoms. The Morgan fingerprint density at radius 2 is 0.912 bits per heavy atom. The molecule has 0 aliphatic carbocycles. The second kappa shape index (κ2) is 9.70. The minimum Gasteiger partial charge on any atom is -0.423 e. The molecule has 7 nitrogen and oxygen atoms in total. The molecule has 0 aromatic heterocycles. The van der Waals surface area contributed by atoms with Crippen molar-refractivity contribution in [2.75, 3.05) is 11.5 Å². The molecular formula is C27H20N2O5. The molecule has 0 radical (unpaired) electrons. The van der Waals surface area contributed by atoms with Crippen molar-refractivity contribution in [3.05, 3.63) is 119 Å². The number of carbonyl (C=O) groups is 3. The Kier molecular flexibility index (Phi) is 6.36. The van der Waals surface area contributed by atoms with Crippen LogP contribution in [0.3, 0.4) is 0 Å². The number of anilines is 2. The predicted octanol–water partition coefficient (Wildman–Crippen LogP) is 4.52. The van der Waals surface area contributed by atoms with E-state index in [0.717, 1.165) is 0 Å². The van der Waals surface area contributed by atoms with Gasteiger partial charge in [-0.15, -0.1) is 0 Å². The molecule has 0 atom stereocenters. The lowest BCUT2D eigenvalue weighted by Gasteiger charge is -2.10. The van der Waals surface area contributed by atoms with E-state index in [4.69, 9.17) is 20.9 Å². The molecule has 0 spiro atoms. The summed E-state index contributed by atoms with van der Waals surface area (Å²) in [7, 11) is 0. The van der Waals surface area contributed by atoms with Crippen LogP contribution in [0.5, 0.6) is 11.5 Å². The first-order valence-corrected chi connectivity index (χ1v) is 10.3. The molecule has 4 aromatic rings. The van der Waals surface area contributed by atoms with Crippen molar-refractivity contribution in [3.63, 3.8) is 0 Å². The summed E-state index contributed by atoms with van der Waals surface area (Å²) in [6.45, 7) is 0. The van der Waals surface area contributed by atoms with Gasteiger partial charge in [-0.2, -0.15) is 0 Å². The number of rotatable bonds is 6. The number of ether oxygens (including phenoxy) is 2. The van der Waals surface area contributed by atoms with Crippen LogP contribution in [0.4, 0.5) is 11.4 Å². The molecule has 4 N–H and O–H groups in total. The van der Waals surface area contributed by atoms with E-state index in [-0.39, 0.29) is 33.6 Å². The third-order valence-corrected chi connectivity index (χ3v) is 4.98. The Hall–Kier alpha value is -4.91. The van der Waals surface area contributed by atoms with E-state index in [1.807, 2.05) is 0 Å². The Morgan fingerprint density at radius 1 is 0.529 bits per heavy atom. The molecule has 168 valence electrons. The molecule has 4 aromatic carbocycles. The Bertz CT molecular complexity index is 1260. The van der Waals surface area contributed by atoms with Crippen LogP contribution in [0.1, 0.15) is 36.6 Å². The molecule has 0 fully saturated rings. The van der Waals surface area contributed by atoms with Gasteiger partial charge in [0.2, 0.25) is 0 Å². The minimum absolute atomic E-state index is 0.0499. The number of nitrogens with two attached hydrogens (primary N) is 2. The van der Waals surface area contributed by atoms with Gasteiger partial charge in [-0.05, 0) is 60.7 Å². The molecule has 0 aliphatic rings. The lowest BCUT2D eigenvalue weighted by molar-refractivity contribution is 0.0726. The molecule has 0 bridgehead atoms. The standard InChI is InChI=1S/C27H20N2O5/c28-23-13-11-17(15-21(23)26(31)33-19-7-3-1-4-8-19)25(30)18-12-14-24(29)22(16-18)27(32)34-20-9-5-2-6-10-20/h1-16H,28-29H2. The number of para-hydroxylation sites is 2. The van der Waals surface area contributed by atoms with E-state index in [0.29, 0.717) is 11.5 Å². The summed E-state index contributed by atoms with van der Waals surface area (Å²) in [5, 5.41) is 0. The monoisotopic (exact) mass is 452 g/mol. The van der Waals surface area contributed by atoms with Crippen molar-refractivity contribution in [3.8, 4) is 11.5 Å². The summed E-state index contributed by atoms with van der Waals surface area (Å²) in [4.78, 5) is 38.4. The first-order valence-electron chi connectivity index (χ1n) is 10.3. The number of ketones is 1. The van der Waals surface area contributed by atoms with Crippen LogP contribution in [0.2, 0.25) is 0 Å². The highest BCUT2D eigenvalue weighted by Crippen LogP contribution is 2.23. The number of hydrogen-bond acceptors (Lipinski definition) is 7. The lowest BCUT2D eigenvalue weighted by atomic mass is 9.98. The topological polar surface area (TPSA) is 122 Å². The van der Waals surface area contributed by atoms with Gasteiger partial charge in [-0.1, -0.05) is 36.4 Å². The highest BCUT2D eigenvalue weighted by molar-refractivity contribution is 6.12. The zero-order valence-corrected chi connectivity index (χ0v) is 17.9. The van der Waals surface area contributed by atoms with Gasteiger partial charge in [0.15, 0.2) is 5.78 Å². The van der Waals surface area contributed by atoms with Gasteiger partial charge in [-0.25, -0.2) is 9.59 Å². The van der Waals surface area contributed by atoms with Crippen molar-refractivity contribution in [2.24, 2.45) is 0 Å². The van der Waals surface area contributed by atoms with Gasteiger partial charge in [-0.3, -0.25) is 4.79 Å². The van der Waals surface area contributed by atoms with Crippen molar-refractivity contribution >= 4 is 29.1 Å². The molecule has 0 amide bonds. The highest BCUT2D eigenvalue weighted by Gasteiger charge is 2.20. The van der Waals surface area contributed by atoms with Gasteiger partial charge in [0.05, 0.1) is 11.1 Å². The average molecular weight is 452 g/mol. The van der Waals surface area contributed by atoms with Gasteiger partial charge >= 0.3 is 11.9 Å². The van der Waals surface area contributed by atoms with Crippen LogP contribution in [0, 0.1) is 0 Å². The van der Waals surface area contributed by atoms with Crippen LogP contribution in [-0.4, -0.2) is 17.7 Å². The number of hydrogen-bond donors (Lipinski definition) is 2. The summed E-state index contributed by atoms with van der Waals surface area (Å²) in [6.07, 6.45) is 0. The van der Waals surface area contributed by atoms with Crippen LogP contribution in [0.15, 0.2) is 97.1 Å². The third kappa shape index (κ3) is 4.94. The van der Waals surface area contributed by atoms with Crippen LogP contribution >= 0.6 is 0 Å². The number of carbonyl (C=O) groups excluding carboxylic acids is 3. The summed E-state index contributed by atoms with van der Waals surface area (Å²) in [5.41, 5.74) is 12.7. The van der Waals surface area contributed by atoms with E-state index in [1.165, 1.54) is 36.4 Å². The normalized spacial score (nSPS) is 10.4. The SMILES string of the molecule is Nc1ccc(C(=O)c2ccc(N)c(C(=O)Oc3ccccc3)c2)cc1C(=O)Oc1ccccc1. The molecule has 7 heteroatoms. The van der Waals surface area contributed by atoms with E-state index < -0.39 is 17.7 Å². The van der Waals surface area contributed by atoms with Crippen molar-refractivity contribution in [2.45, 2.75) is 0 Å². The molecule has 0 aliphatic heterocycles. The summed E-state index contributed by atoms with van der Waals surface area (Å²) in [6, 6.07) is 25.7. The smallest absolute Gasteiger partial charge is 0.345 e. The molecule has 4 rings (SSSR count). The number of nitrogen functional groups attached to an aromatic ring is 2. The molecule has 0 saturated heterocycles. The van der Waals surface area contributed by atoms with Crippen molar-refractivity contribution < 1.29 is 23.9 Å². The average Bonchev–Trinajstić information content (AvgIpc) is 2.85. The Morgan fingerprint density at radius 3 is 1.29 bits per heavy atom. The Balaban J connectivity index is 1.59. The fourth-order valence-corrected chi connectivity index (χ4v) is 3.22. The van der Waals surface area contributed by atoms with Crippen molar-refractivity contribution in [1.82, 2.24) is 0 Å². The lowest BCUT2D eigenvalue weighted by Crippen LogP contribution is -2.14. The minimum atomic E-state index is -0.692. The first-order chi connectivity index (χ1) is 16.4. The zero-order chi connectivity index (χ0) is 24.1. The van der Waals surface area contributed by atoms with E-state index in [9.17, 15) is 14.4 Å².